The molecule has 0 fully saturated rings. The molecule has 0 bridgehead atoms. The fourth-order valence-corrected chi connectivity index (χ4v) is 3.78. The van der Waals surface area contributed by atoms with E-state index in [-0.39, 0.29) is 0 Å². The zero-order chi connectivity index (χ0) is 13.1. The first-order chi connectivity index (χ1) is 9.92. The second kappa shape index (κ2) is 3.69. The first-order valence-corrected chi connectivity index (χ1v) is 7.19. The quantitative estimate of drug-likeness (QED) is 0.766. The molecule has 1 aromatic carbocycles. The third kappa shape index (κ3) is 1.25. The van der Waals surface area contributed by atoms with Crippen molar-refractivity contribution in [3.05, 3.63) is 40.3 Å². The molecule has 2 heterocycles. The molecule has 4 aliphatic rings. The Labute approximate surface area is 116 Å². The Hall–Kier alpha value is -2.16. The van der Waals surface area contributed by atoms with Crippen LogP contribution in [0.15, 0.2) is 24.3 Å². The van der Waals surface area contributed by atoms with Crippen LogP contribution in [0, 0.1) is 5.92 Å². The summed E-state index contributed by atoms with van der Waals surface area (Å²) in [6, 6.07) is 2.13. The SMILES string of the molecule is C1=CC[C@@H]2CC3=c4c(c5c(cc4=CCN3)OCO5)C2=C1. The molecule has 0 saturated carbocycles. The first kappa shape index (κ1) is 10.6. The Bertz CT molecular complexity index is 801. The highest BCUT2D eigenvalue weighted by Gasteiger charge is 2.32. The molecule has 2 aliphatic carbocycles. The van der Waals surface area contributed by atoms with Crippen molar-refractivity contribution in [2.24, 2.45) is 5.92 Å². The van der Waals surface area contributed by atoms with Crippen LogP contribution in [0.25, 0.3) is 17.3 Å². The lowest BCUT2D eigenvalue weighted by molar-refractivity contribution is 0.173. The number of nitrogens with one attached hydrogen (secondary N) is 1. The largest absolute Gasteiger partial charge is 0.454 e. The molecule has 100 valence electrons. The zero-order valence-electron chi connectivity index (χ0n) is 11.1. The van der Waals surface area contributed by atoms with Crippen molar-refractivity contribution in [2.45, 2.75) is 12.8 Å². The van der Waals surface area contributed by atoms with Gasteiger partial charge >= 0.3 is 0 Å². The number of hydrogen-bond acceptors (Lipinski definition) is 3. The molecular weight excluding hydrogens is 250 g/mol. The third-order valence-electron chi connectivity index (χ3n) is 4.64. The van der Waals surface area contributed by atoms with Gasteiger partial charge in [-0.1, -0.05) is 24.3 Å². The van der Waals surface area contributed by atoms with Crippen LogP contribution in [0.1, 0.15) is 18.4 Å². The van der Waals surface area contributed by atoms with Gasteiger partial charge in [0.25, 0.3) is 0 Å². The zero-order valence-corrected chi connectivity index (χ0v) is 11.1. The summed E-state index contributed by atoms with van der Waals surface area (Å²) < 4.78 is 11.4. The number of hydrogen-bond donors (Lipinski definition) is 1. The average molecular weight is 265 g/mol. The molecule has 0 radical (unpaired) electrons. The number of rotatable bonds is 0. The molecule has 1 aromatic rings. The van der Waals surface area contributed by atoms with Crippen molar-refractivity contribution in [2.75, 3.05) is 13.3 Å². The third-order valence-corrected chi connectivity index (χ3v) is 4.64. The molecule has 20 heavy (non-hydrogen) atoms. The Morgan fingerprint density at radius 3 is 3.25 bits per heavy atom. The van der Waals surface area contributed by atoms with Gasteiger partial charge in [0.05, 0.1) is 0 Å². The summed E-state index contributed by atoms with van der Waals surface area (Å²) in [6.07, 6.45) is 11.1. The van der Waals surface area contributed by atoms with Crippen molar-refractivity contribution in [3.8, 4) is 11.5 Å². The lowest BCUT2D eigenvalue weighted by Crippen LogP contribution is -2.43. The molecule has 2 aliphatic heterocycles. The van der Waals surface area contributed by atoms with Gasteiger partial charge in [-0.3, -0.25) is 0 Å². The average Bonchev–Trinajstić information content (AvgIpc) is 2.95. The second-order valence-electron chi connectivity index (χ2n) is 5.70. The molecule has 1 atom stereocenters. The highest BCUT2D eigenvalue weighted by molar-refractivity contribution is 5.82. The molecule has 1 N–H and O–H groups in total. The number of ether oxygens (including phenoxy) is 2. The molecule has 0 amide bonds. The lowest BCUT2D eigenvalue weighted by atomic mass is 9.77. The van der Waals surface area contributed by atoms with E-state index >= 15 is 0 Å². The number of benzene rings is 1. The van der Waals surface area contributed by atoms with E-state index in [0.29, 0.717) is 12.7 Å². The van der Waals surface area contributed by atoms with Crippen LogP contribution in [-0.4, -0.2) is 13.3 Å². The van der Waals surface area contributed by atoms with Gasteiger partial charge in [-0.2, -0.15) is 0 Å². The van der Waals surface area contributed by atoms with Gasteiger partial charge < -0.3 is 14.8 Å². The maximum absolute atomic E-state index is 5.78. The predicted molar refractivity (Wildman–Crippen MR) is 77.5 cm³/mol. The van der Waals surface area contributed by atoms with Crippen LogP contribution in [0.3, 0.4) is 0 Å². The van der Waals surface area contributed by atoms with E-state index in [0.717, 1.165) is 30.9 Å². The Balaban J connectivity index is 1.96. The maximum Gasteiger partial charge on any atom is 0.231 e. The Morgan fingerprint density at radius 2 is 2.25 bits per heavy atom. The van der Waals surface area contributed by atoms with Gasteiger partial charge in [-0.05, 0) is 35.6 Å². The summed E-state index contributed by atoms with van der Waals surface area (Å²) >= 11 is 0. The van der Waals surface area contributed by atoms with Crippen LogP contribution >= 0.6 is 0 Å². The summed E-state index contributed by atoms with van der Waals surface area (Å²) in [5.74, 6) is 2.40. The van der Waals surface area contributed by atoms with E-state index in [2.05, 4.69) is 35.7 Å². The van der Waals surface area contributed by atoms with Crippen molar-refractivity contribution >= 4 is 17.3 Å². The monoisotopic (exact) mass is 265 g/mol. The maximum atomic E-state index is 5.78. The van der Waals surface area contributed by atoms with Crippen LogP contribution in [0.4, 0.5) is 0 Å². The number of allylic oxidation sites excluding steroid dienone is 4. The van der Waals surface area contributed by atoms with Crippen LogP contribution in [0.2, 0.25) is 0 Å². The smallest absolute Gasteiger partial charge is 0.231 e. The van der Waals surface area contributed by atoms with Crippen molar-refractivity contribution in [1.82, 2.24) is 5.32 Å². The van der Waals surface area contributed by atoms with E-state index in [4.69, 9.17) is 9.47 Å². The summed E-state index contributed by atoms with van der Waals surface area (Å²) in [4.78, 5) is 0. The first-order valence-electron chi connectivity index (χ1n) is 7.19. The minimum absolute atomic E-state index is 0.335. The van der Waals surface area contributed by atoms with Crippen LogP contribution in [0.5, 0.6) is 11.5 Å². The van der Waals surface area contributed by atoms with Crippen molar-refractivity contribution in [3.63, 3.8) is 0 Å². The molecule has 0 aromatic heterocycles. The van der Waals surface area contributed by atoms with E-state index in [1.165, 1.54) is 27.3 Å². The Kier molecular flexibility index (Phi) is 1.96. The fourth-order valence-electron chi connectivity index (χ4n) is 3.78. The standard InChI is InChI=1S/C17H15NO2/c1-2-4-12-10(3-1)7-13-15-11(5-6-18-13)8-14-17(16(12)15)20-9-19-14/h1-2,4-5,8,10,18H,3,6-7,9H2/t10-/m1/s1. The van der Waals surface area contributed by atoms with E-state index in [1.54, 1.807) is 0 Å². The molecule has 3 nitrogen and oxygen atoms in total. The van der Waals surface area contributed by atoms with Crippen molar-refractivity contribution < 1.29 is 9.47 Å². The molecule has 0 spiro atoms. The van der Waals surface area contributed by atoms with Gasteiger partial charge in [0.15, 0.2) is 11.5 Å². The molecule has 0 unspecified atom stereocenters. The second-order valence-corrected chi connectivity index (χ2v) is 5.70. The summed E-state index contributed by atoms with van der Waals surface area (Å²) in [5.41, 5.74) is 4.04. The fraction of sp³-hybridized carbons (Fsp3) is 0.294. The topological polar surface area (TPSA) is 30.5 Å². The van der Waals surface area contributed by atoms with Crippen LogP contribution in [-0.2, 0) is 0 Å². The van der Waals surface area contributed by atoms with Gasteiger partial charge in [-0.25, -0.2) is 0 Å². The minimum atomic E-state index is 0.335. The predicted octanol–water partition coefficient (Wildman–Crippen LogP) is 1.27. The van der Waals surface area contributed by atoms with E-state index in [9.17, 15) is 0 Å². The van der Waals surface area contributed by atoms with Crippen LogP contribution < -0.4 is 25.2 Å². The van der Waals surface area contributed by atoms with Gasteiger partial charge in [0.1, 0.15) is 0 Å². The Morgan fingerprint density at radius 1 is 1.25 bits per heavy atom. The number of fused-ring (bicyclic) bond motifs is 4. The molecule has 5 rings (SSSR count). The van der Waals surface area contributed by atoms with Gasteiger partial charge in [0.2, 0.25) is 6.79 Å². The van der Waals surface area contributed by atoms with E-state index in [1.807, 2.05) is 0 Å². The minimum Gasteiger partial charge on any atom is -0.454 e. The summed E-state index contributed by atoms with van der Waals surface area (Å²) in [7, 11) is 0. The molecule has 0 saturated heterocycles. The highest BCUT2D eigenvalue weighted by atomic mass is 16.7. The van der Waals surface area contributed by atoms with Crippen molar-refractivity contribution in [1.29, 1.82) is 0 Å². The lowest BCUT2D eigenvalue weighted by Gasteiger charge is -2.31. The summed E-state index contributed by atoms with van der Waals surface area (Å²) in [5, 5.41) is 6.17. The molecule has 3 heteroatoms. The van der Waals surface area contributed by atoms with E-state index < -0.39 is 0 Å². The molecular formula is C17H15NO2. The van der Waals surface area contributed by atoms with Gasteiger partial charge in [0, 0.05) is 23.0 Å². The highest BCUT2D eigenvalue weighted by Crippen LogP contribution is 2.43. The normalized spacial score (nSPS) is 24.3. The summed E-state index contributed by atoms with van der Waals surface area (Å²) in [6.45, 7) is 1.24. The van der Waals surface area contributed by atoms with Gasteiger partial charge in [-0.15, -0.1) is 0 Å².